The lowest BCUT2D eigenvalue weighted by Crippen LogP contribution is -1.99. The van der Waals surface area contributed by atoms with Gasteiger partial charge in [-0.1, -0.05) is 40.2 Å². The van der Waals surface area contributed by atoms with Gasteiger partial charge in [-0.2, -0.15) is 5.26 Å². The summed E-state index contributed by atoms with van der Waals surface area (Å²) in [5.74, 6) is -0.332. The van der Waals surface area contributed by atoms with Crippen LogP contribution in [-0.4, -0.2) is 4.98 Å². The molecule has 0 fully saturated rings. The lowest BCUT2D eigenvalue weighted by molar-refractivity contribution is 1.04. The van der Waals surface area contributed by atoms with E-state index in [9.17, 15) is 5.26 Å². The Balaban J connectivity index is 2.17. The summed E-state index contributed by atoms with van der Waals surface area (Å²) in [5.41, 5.74) is 9.38. The number of aromatic nitrogens is 1. The minimum absolute atomic E-state index is 0.332. The van der Waals surface area contributed by atoms with Gasteiger partial charge in [0.25, 0.3) is 0 Å². The van der Waals surface area contributed by atoms with Crippen LogP contribution < -0.4 is 5.73 Å². The number of hydrogen-bond donors (Lipinski definition) is 2. The third-order valence-corrected chi connectivity index (χ3v) is 4.08. The molecule has 0 aliphatic carbocycles. The van der Waals surface area contributed by atoms with Crippen molar-refractivity contribution < 1.29 is 0 Å². The fourth-order valence-corrected chi connectivity index (χ4v) is 3.04. The third kappa shape index (κ3) is 2.06. The van der Waals surface area contributed by atoms with Crippen molar-refractivity contribution in [3.8, 4) is 6.07 Å². The molecule has 0 saturated heterocycles. The Bertz CT molecular complexity index is 814. The van der Waals surface area contributed by atoms with E-state index in [1.807, 2.05) is 48.7 Å². The van der Waals surface area contributed by atoms with E-state index in [-0.39, 0.29) is 5.92 Å². The topological polar surface area (TPSA) is 65.6 Å². The maximum Gasteiger partial charge on any atom is 0.0994 e. The van der Waals surface area contributed by atoms with Gasteiger partial charge in [0, 0.05) is 27.3 Å². The molecule has 0 saturated carbocycles. The number of aromatic amines is 1. The van der Waals surface area contributed by atoms with E-state index >= 15 is 0 Å². The van der Waals surface area contributed by atoms with Gasteiger partial charge in [-0.3, -0.25) is 0 Å². The number of hydrogen-bond acceptors (Lipinski definition) is 2. The first kappa shape index (κ1) is 12.8. The molecule has 3 aromatic rings. The smallest absolute Gasteiger partial charge is 0.0994 e. The van der Waals surface area contributed by atoms with Gasteiger partial charge in [0.05, 0.1) is 12.0 Å². The minimum Gasteiger partial charge on any atom is -0.399 e. The van der Waals surface area contributed by atoms with Crippen LogP contribution >= 0.6 is 15.9 Å². The Hall–Kier alpha value is -2.25. The maximum absolute atomic E-state index is 9.59. The van der Waals surface area contributed by atoms with Gasteiger partial charge in [-0.15, -0.1) is 0 Å². The Morgan fingerprint density at radius 2 is 1.95 bits per heavy atom. The zero-order chi connectivity index (χ0) is 14.1. The van der Waals surface area contributed by atoms with Crippen molar-refractivity contribution in [1.29, 1.82) is 5.26 Å². The second-order valence-corrected chi connectivity index (χ2v) is 5.49. The summed E-state index contributed by atoms with van der Waals surface area (Å²) < 4.78 is 0.856. The number of benzene rings is 2. The van der Waals surface area contributed by atoms with Crippen LogP contribution in [0.2, 0.25) is 0 Å². The van der Waals surface area contributed by atoms with Crippen LogP contribution in [-0.2, 0) is 0 Å². The minimum atomic E-state index is -0.332. The summed E-state index contributed by atoms with van der Waals surface area (Å²) in [5, 5.41) is 10.7. The Labute approximate surface area is 125 Å². The Morgan fingerprint density at radius 3 is 2.70 bits per heavy atom. The summed E-state index contributed by atoms with van der Waals surface area (Å²) in [7, 11) is 0. The highest BCUT2D eigenvalue weighted by atomic mass is 79.9. The van der Waals surface area contributed by atoms with Crippen LogP contribution in [0.4, 0.5) is 5.69 Å². The first-order valence-corrected chi connectivity index (χ1v) is 7.00. The molecule has 3 nitrogen and oxygen atoms in total. The molecule has 1 heterocycles. The van der Waals surface area contributed by atoms with Crippen LogP contribution in [0, 0.1) is 11.3 Å². The second kappa shape index (κ2) is 5.03. The number of halogens is 1. The van der Waals surface area contributed by atoms with Crippen molar-refractivity contribution in [1.82, 2.24) is 4.98 Å². The molecule has 0 radical (unpaired) electrons. The molecule has 0 aliphatic rings. The van der Waals surface area contributed by atoms with Crippen LogP contribution in [0.1, 0.15) is 17.0 Å². The van der Waals surface area contributed by atoms with E-state index in [0.29, 0.717) is 5.69 Å². The molecular weight excluding hydrogens is 314 g/mol. The van der Waals surface area contributed by atoms with Crippen LogP contribution in [0.15, 0.2) is 53.1 Å². The number of rotatable bonds is 2. The standard InChI is InChI=1S/C16H12BrN3/c17-15-7-10(19)5-6-11(15)13(8-18)14-9-20-16-4-2-1-3-12(14)16/h1-7,9,13,20H,19H2. The molecule has 0 amide bonds. The highest BCUT2D eigenvalue weighted by Gasteiger charge is 2.19. The normalized spacial score (nSPS) is 12.2. The van der Waals surface area contributed by atoms with Gasteiger partial charge in [-0.05, 0) is 29.3 Å². The molecule has 3 rings (SSSR count). The zero-order valence-corrected chi connectivity index (χ0v) is 12.2. The summed E-state index contributed by atoms with van der Waals surface area (Å²) in [6.45, 7) is 0. The number of fused-ring (bicyclic) bond motifs is 1. The number of H-pyrrole nitrogens is 1. The van der Waals surface area contributed by atoms with E-state index in [4.69, 9.17) is 5.73 Å². The zero-order valence-electron chi connectivity index (χ0n) is 10.6. The molecule has 4 heteroatoms. The highest BCUT2D eigenvalue weighted by molar-refractivity contribution is 9.10. The number of nitrogen functional groups attached to an aromatic ring is 1. The molecular formula is C16H12BrN3. The second-order valence-electron chi connectivity index (χ2n) is 4.63. The number of anilines is 1. The molecule has 1 unspecified atom stereocenters. The largest absolute Gasteiger partial charge is 0.399 e. The van der Waals surface area contributed by atoms with Crippen molar-refractivity contribution in [2.24, 2.45) is 0 Å². The van der Waals surface area contributed by atoms with Crippen molar-refractivity contribution >= 4 is 32.5 Å². The van der Waals surface area contributed by atoms with Crippen molar-refractivity contribution in [3.63, 3.8) is 0 Å². The van der Waals surface area contributed by atoms with Crippen LogP contribution in [0.5, 0.6) is 0 Å². The number of para-hydroxylation sites is 1. The molecule has 0 spiro atoms. The van der Waals surface area contributed by atoms with Gasteiger partial charge >= 0.3 is 0 Å². The molecule has 1 atom stereocenters. The lowest BCUT2D eigenvalue weighted by atomic mass is 9.92. The van der Waals surface area contributed by atoms with Crippen molar-refractivity contribution in [2.45, 2.75) is 5.92 Å². The quantitative estimate of drug-likeness (QED) is 0.694. The van der Waals surface area contributed by atoms with Gasteiger partial charge in [0.2, 0.25) is 0 Å². The van der Waals surface area contributed by atoms with Gasteiger partial charge in [0.15, 0.2) is 0 Å². The van der Waals surface area contributed by atoms with Crippen molar-refractivity contribution in [2.75, 3.05) is 5.73 Å². The first-order valence-electron chi connectivity index (χ1n) is 6.21. The van der Waals surface area contributed by atoms with E-state index in [1.165, 1.54) is 0 Å². The predicted molar refractivity (Wildman–Crippen MR) is 84.3 cm³/mol. The fourth-order valence-electron chi connectivity index (χ4n) is 2.42. The van der Waals surface area contributed by atoms with E-state index in [0.717, 1.165) is 26.5 Å². The number of nitriles is 1. The van der Waals surface area contributed by atoms with Crippen LogP contribution in [0.3, 0.4) is 0 Å². The van der Waals surface area contributed by atoms with Gasteiger partial charge in [0.1, 0.15) is 0 Å². The summed E-state index contributed by atoms with van der Waals surface area (Å²) in [6.07, 6.45) is 1.90. The fraction of sp³-hybridized carbons (Fsp3) is 0.0625. The molecule has 2 aromatic carbocycles. The maximum atomic E-state index is 9.59. The number of nitrogens with two attached hydrogens (primary N) is 1. The molecule has 1 aromatic heterocycles. The lowest BCUT2D eigenvalue weighted by Gasteiger charge is -2.11. The Kier molecular flexibility index (Phi) is 3.21. The van der Waals surface area contributed by atoms with E-state index < -0.39 is 0 Å². The summed E-state index contributed by atoms with van der Waals surface area (Å²) in [4.78, 5) is 3.21. The first-order chi connectivity index (χ1) is 9.70. The average molecular weight is 326 g/mol. The molecule has 20 heavy (non-hydrogen) atoms. The third-order valence-electron chi connectivity index (χ3n) is 3.40. The predicted octanol–water partition coefficient (Wildman–Crippen LogP) is 4.17. The number of nitrogens with one attached hydrogen (secondary N) is 1. The number of nitrogens with zero attached hydrogens (tertiary/aromatic N) is 1. The molecule has 0 bridgehead atoms. The van der Waals surface area contributed by atoms with E-state index in [1.54, 1.807) is 0 Å². The Morgan fingerprint density at radius 1 is 1.15 bits per heavy atom. The monoisotopic (exact) mass is 325 g/mol. The SMILES string of the molecule is N#CC(c1ccc(N)cc1Br)c1c[nH]c2ccccc12. The molecule has 3 N–H and O–H groups in total. The summed E-state index contributed by atoms with van der Waals surface area (Å²) in [6, 6.07) is 15.9. The molecule has 0 aliphatic heterocycles. The summed E-state index contributed by atoms with van der Waals surface area (Å²) >= 11 is 3.50. The average Bonchev–Trinajstić information content (AvgIpc) is 2.86. The van der Waals surface area contributed by atoms with Crippen molar-refractivity contribution in [3.05, 3.63) is 64.3 Å². The highest BCUT2D eigenvalue weighted by Crippen LogP contribution is 2.34. The molecule has 98 valence electrons. The van der Waals surface area contributed by atoms with Gasteiger partial charge in [-0.25, -0.2) is 0 Å². The van der Waals surface area contributed by atoms with Crippen LogP contribution in [0.25, 0.3) is 10.9 Å². The van der Waals surface area contributed by atoms with Gasteiger partial charge < -0.3 is 10.7 Å². The van der Waals surface area contributed by atoms with E-state index in [2.05, 4.69) is 27.0 Å².